The third kappa shape index (κ3) is 3.97. The molecule has 0 aromatic heterocycles. The molecule has 144 valence electrons. The third-order valence-corrected chi connectivity index (χ3v) is 6.20. The first kappa shape index (κ1) is 20.1. The van der Waals surface area contributed by atoms with Crippen LogP contribution in [0.2, 0.25) is 0 Å². The number of rotatable bonds is 4. The Labute approximate surface area is 163 Å². The maximum absolute atomic E-state index is 13.0. The molecule has 0 saturated heterocycles. The second-order valence-electron chi connectivity index (χ2n) is 6.34. The number of hydrogen-bond donors (Lipinski definition) is 1. The Bertz CT molecular complexity index is 851. The first-order chi connectivity index (χ1) is 12.6. The van der Waals surface area contributed by atoms with E-state index in [1.54, 1.807) is 35.7 Å². The fraction of sp³-hybridized carbons (Fsp3) is 0.316. The fourth-order valence-electron chi connectivity index (χ4n) is 2.82. The van der Waals surface area contributed by atoms with Gasteiger partial charge in [0.25, 0.3) is 5.91 Å². The van der Waals surface area contributed by atoms with Gasteiger partial charge >= 0.3 is 6.18 Å². The number of anilines is 1. The maximum atomic E-state index is 13.0. The predicted octanol–water partition coefficient (Wildman–Crippen LogP) is 4.76. The van der Waals surface area contributed by atoms with Crippen LogP contribution in [0.1, 0.15) is 12.5 Å². The summed E-state index contributed by atoms with van der Waals surface area (Å²) in [5.41, 5.74) is -2.18. The summed E-state index contributed by atoms with van der Waals surface area (Å²) in [6.07, 6.45) is -2.56. The zero-order valence-corrected chi connectivity index (χ0v) is 16.3. The molecule has 3 nitrogen and oxygen atoms in total. The van der Waals surface area contributed by atoms with Gasteiger partial charge in [0.1, 0.15) is 0 Å². The van der Waals surface area contributed by atoms with Crippen LogP contribution in [-0.4, -0.2) is 35.6 Å². The number of carbonyl (C=O) groups excluding carboxylic acids is 1. The van der Waals surface area contributed by atoms with Gasteiger partial charge < -0.3 is 10.0 Å². The van der Waals surface area contributed by atoms with Crippen molar-refractivity contribution in [2.24, 2.45) is 0 Å². The van der Waals surface area contributed by atoms with E-state index in [0.717, 1.165) is 20.3 Å². The van der Waals surface area contributed by atoms with Gasteiger partial charge in [0.15, 0.2) is 0 Å². The zero-order valence-electron chi connectivity index (χ0n) is 14.7. The number of fused-ring (bicyclic) bond motifs is 1. The maximum Gasteiger partial charge on any atom is 0.426 e. The van der Waals surface area contributed by atoms with Crippen molar-refractivity contribution >= 4 is 35.1 Å². The molecule has 0 saturated carbocycles. The van der Waals surface area contributed by atoms with E-state index < -0.39 is 17.7 Å². The van der Waals surface area contributed by atoms with Gasteiger partial charge in [0.05, 0.1) is 0 Å². The minimum Gasteiger partial charge on any atom is -0.373 e. The van der Waals surface area contributed by atoms with Crippen molar-refractivity contribution < 1.29 is 23.1 Å². The van der Waals surface area contributed by atoms with Gasteiger partial charge in [0, 0.05) is 26.9 Å². The lowest BCUT2D eigenvalue weighted by Gasteiger charge is -2.30. The quantitative estimate of drug-likeness (QED) is 0.734. The smallest absolute Gasteiger partial charge is 0.373 e. The van der Waals surface area contributed by atoms with Gasteiger partial charge in [-0.3, -0.25) is 4.79 Å². The summed E-state index contributed by atoms with van der Waals surface area (Å²) in [4.78, 5) is 16.4. The van der Waals surface area contributed by atoms with Crippen LogP contribution < -0.4 is 4.90 Å². The van der Waals surface area contributed by atoms with Crippen molar-refractivity contribution in [1.29, 1.82) is 0 Å². The summed E-state index contributed by atoms with van der Waals surface area (Å²) in [6.45, 7) is 0.618. The molecule has 2 aromatic carbocycles. The molecule has 1 amide bonds. The standard InChI is InChI=1S/C19H18F3NO2S2/c1-18(25,19(20,21)22)17(24)23-10-9-12-11-15(7-8-16(12)23)27-14-5-3-13(26-2)4-6-14/h3-8,11,25H,9-10H2,1-2H3. The van der Waals surface area contributed by atoms with E-state index in [0.29, 0.717) is 19.0 Å². The molecule has 1 unspecified atom stereocenters. The molecule has 1 N–H and O–H groups in total. The molecule has 1 heterocycles. The summed E-state index contributed by atoms with van der Waals surface area (Å²) in [5.74, 6) is -1.35. The van der Waals surface area contributed by atoms with E-state index in [9.17, 15) is 23.1 Å². The monoisotopic (exact) mass is 413 g/mol. The highest BCUT2D eigenvalue weighted by Gasteiger charge is 2.57. The van der Waals surface area contributed by atoms with Crippen molar-refractivity contribution in [3.8, 4) is 0 Å². The molecule has 0 spiro atoms. The third-order valence-electron chi connectivity index (χ3n) is 4.46. The Morgan fingerprint density at radius 3 is 2.26 bits per heavy atom. The summed E-state index contributed by atoms with van der Waals surface area (Å²) in [7, 11) is 0. The normalized spacial score (nSPS) is 16.1. The van der Waals surface area contributed by atoms with E-state index in [1.807, 2.05) is 36.6 Å². The number of carbonyl (C=O) groups is 1. The van der Waals surface area contributed by atoms with Crippen molar-refractivity contribution in [3.63, 3.8) is 0 Å². The van der Waals surface area contributed by atoms with Gasteiger partial charge in [-0.15, -0.1) is 11.8 Å². The van der Waals surface area contributed by atoms with Gasteiger partial charge in [-0.2, -0.15) is 13.2 Å². The molecule has 27 heavy (non-hydrogen) atoms. The van der Waals surface area contributed by atoms with Crippen LogP contribution in [0.15, 0.2) is 57.2 Å². The Hall–Kier alpha value is -1.64. The van der Waals surface area contributed by atoms with Crippen molar-refractivity contribution in [2.75, 3.05) is 17.7 Å². The Kier molecular flexibility index (Phi) is 5.52. The topological polar surface area (TPSA) is 40.5 Å². The SMILES string of the molecule is CSc1ccc(Sc2ccc3c(c2)CCN3C(=O)C(C)(O)C(F)(F)F)cc1. The Morgan fingerprint density at radius 2 is 1.67 bits per heavy atom. The summed E-state index contributed by atoms with van der Waals surface area (Å²) < 4.78 is 38.9. The summed E-state index contributed by atoms with van der Waals surface area (Å²) in [6, 6.07) is 13.4. The Balaban J connectivity index is 1.80. The van der Waals surface area contributed by atoms with Gasteiger partial charge in [-0.25, -0.2) is 0 Å². The molecule has 1 atom stereocenters. The van der Waals surface area contributed by atoms with Crippen LogP contribution >= 0.6 is 23.5 Å². The highest BCUT2D eigenvalue weighted by molar-refractivity contribution is 7.99. The van der Waals surface area contributed by atoms with E-state index in [4.69, 9.17) is 0 Å². The average Bonchev–Trinajstić information content (AvgIpc) is 3.03. The molecule has 3 rings (SSSR count). The lowest BCUT2D eigenvalue weighted by atomic mass is 10.0. The number of benzene rings is 2. The second kappa shape index (κ2) is 7.41. The van der Waals surface area contributed by atoms with Crippen LogP contribution in [0, 0.1) is 0 Å². The second-order valence-corrected chi connectivity index (χ2v) is 8.37. The van der Waals surface area contributed by atoms with E-state index in [1.165, 1.54) is 4.90 Å². The number of nitrogens with zero attached hydrogens (tertiary/aromatic N) is 1. The predicted molar refractivity (Wildman–Crippen MR) is 102 cm³/mol. The first-order valence-corrected chi connectivity index (χ1v) is 10.2. The lowest BCUT2D eigenvalue weighted by Crippen LogP contribution is -2.56. The van der Waals surface area contributed by atoms with E-state index in [-0.39, 0.29) is 6.54 Å². The highest BCUT2D eigenvalue weighted by Crippen LogP contribution is 2.38. The molecule has 0 fully saturated rings. The number of aliphatic hydroxyl groups is 1. The first-order valence-electron chi connectivity index (χ1n) is 8.19. The minimum absolute atomic E-state index is 0.122. The highest BCUT2D eigenvalue weighted by atomic mass is 32.2. The van der Waals surface area contributed by atoms with E-state index in [2.05, 4.69) is 0 Å². The Morgan fingerprint density at radius 1 is 1.07 bits per heavy atom. The van der Waals surface area contributed by atoms with E-state index >= 15 is 0 Å². The number of hydrogen-bond acceptors (Lipinski definition) is 4. The number of amides is 1. The lowest BCUT2D eigenvalue weighted by molar-refractivity contribution is -0.243. The molecule has 2 aromatic rings. The van der Waals surface area contributed by atoms with Crippen LogP contribution in [0.5, 0.6) is 0 Å². The van der Waals surface area contributed by atoms with Gasteiger partial charge in [-0.1, -0.05) is 11.8 Å². The van der Waals surface area contributed by atoms with Crippen molar-refractivity contribution in [1.82, 2.24) is 0 Å². The van der Waals surface area contributed by atoms with Gasteiger partial charge in [0.2, 0.25) is 5.60 Å². The van der Waals surface area contributed by atoms with Crippen LogP contribution in [0.3, 0.4) is 0 Å². The molecular formula is C19H18F3NO2S2. The summed E-state index contributed by atoms with van der Waals surface area (Å²) in [5, 5.41) is 9.68. The van der Waals surface area contributed by atoms with Crippen LogP contribution in [0.25, 0.3) is 0 Å². The molecule has 8 heteroatoms. The molecular weight excluding hydrogens is 395 g/mol. The summed E-state index contributed by atoms with van der Waals surface area (Å²) >= 11 is 3.21. The average molecular weight is 413 g/mol. The molecule has 1 aliphatic rings. The van der Waals surface area contributed by atoms with Crippen LogP contribution in [0.4, 0.5) is 18.9 Å². The number of thioether (sulfide) groups is 1. The molecule has 0 bridgehead atoms. The molecule has 0 radical (unpaired) electrons. The molecule has 0 aliphatic carbocycles. The molecule has 1 aliphatic heterocycles. The van der Waals surface area contributed by atoms with Gasteiger partial charge in [-0.05, 0) is 67.6 Å². The van der Waals surface area contributed by atoms with Crippen molar-refractivity contribution in [2.45, 2.75) is 39.8 Å². The fourth-order valence-corrected chi connectivity index (χ4v) is 4.11. The number of alkyl halides is 3. The van der Waals surface area contributed by atoms with Crippen LogP contribution in [-0.2, 0) is 11.2 Å². The zero-order chi connectivity index (χ0) is 19.8. The number of halogens is 3. The minimum atomic E-state index is -5.02. The largest absolute Gasteiger partial charge is 0.426 e. The van der Waals surface area contributed by atoms with Crippen molar-refractivity contribution in [3.05, 3.63) is 48.0 Å².